The van der Waals surface area contributed by atoms with Gasteiger partial charge in [0.1, 0.15) is 11.5 Å². The summed E-state index contributed by atoms with van der Waals surface area (Å²) in [6.45, 7) is 1.65. The average molecular weight is 278 g/mol. The van der Waals surface area contributed by atoms with Crippen LogP contribution in [0.25, 0.3) is 0 Å². The first kappa shape index (κ1) is 13.2. The molecule has 0 spiro atoms. The van der Waals surface area contributed by atoms with E-state index in [2.05, 4.69) is 5.32 Å². The maximum absolute atomic E-state index is 12.0. The summed E-state index contributed by atoms with van der Waals surface area (Å²) in [6.07, 6.45) is 0. The van der Waals surface area contributed by atoms with E-state index in [1.165, 1.54) is 18.2 Å². The second-order valence-electron chi connectivity index (χ2n) is 4.09. The van der Waals surface area contributed by atoms with Gasteiger partial charge in [0.15, 0.2) is 0 Å². The van der Waals surface area contributed by atoms with E-state index >= 15 is 0 Å². The second kappa shape index (κ2) is 5.20. The molecule has 2 aromatic carbocycles. The standard InChI is InChI=1S/C14H12ClNO3/c1-8-6-9(7-10(15)13(8)18)14(19)16-11-4-2-3-5-12(11)17/h2-7,17-18H,1H3,(H,16,19). The number of amides is 1. The number of nitrogens with one attached hydrogen (secondary N) is 1. The van der Waals surface area contributed by atoms with Crippen LogP contribution in [0, 0.1) is 6.92 Å². The van der Waals surface area contributed by atoms with Gasteiger partial charge in [-0.15, -0.1) is 0 Å². The van der Waals surface area contributed by atoms with Crippen molar-refractivity contribution in [3.05, 3.63) is 52.5 Å². The third-order valence-electron chi connectivity index (χ3n) is 2.67. The molecule has 0 saturated carbocycles. The van der Waals surface area contributed by atoms with Gasteiger partial charge in [-0.2, -0.15) is 0 Å². The Labute approximate surface area is 115 Å². The molecule has 19 heavy (non-hydrogen) atoms. The van der Waals surface area contributed by atoms with Crippen LogP contribution in [0.2, 0.25) is 5.02 Å². The quantitative estimate of drug-likeness (QED) is 0.738. The van der Waals surface area contributed by atoms with Gasteiger partial charge < -0.3 is 15.5 Å². The fourth-order valence-corrected chi connectivity index (χ4v) is 1.91. The van der Waals surface area contributed by atoms with Gasteiger partial charge in [0.05, 0.1) is 10.7 Å². The van der Waals surface area contributed by atoms with Crippen LogP contribution in [-0.4, -0.2) is 16.1 Å². The lowest BCUT2D eigenvalue weighted by Gasteiger charge is -2.09. The number of benzene rings is 2. The van der Waals surface area contributed by atoms with Crippen molar-refractivity contribution in [1.29, 1.82) is 0 Å². The molecule has 4 nitrogen and oxygen atoms in total. The van der Waals surface area contributed by atoms with Crippen LogP contribution in [0.5, 0.6) is 11.5 Å². The highest BCUT2D eigenvalue weighted by molar-refractivity contribution is 6.32. The molecule has 1 amide bonds. The molecule has 0 radical (unpaired) electrons. The van der Waals surface area contributed by atoms with Crippen molar-refractivity contribution in [2.24, 2.45) is 0 Å². The molecule has 98 valence electrons. The Bertz CT molecular complexity index is 617. The minimum atomic E-state index is -0.411. The molecule has 0 saturated heterocycles. The Morgan fingerprint density at radius 3 is 2.53 bits per heavy atom. The first-order valence-corrected chi connectivity index (χ1v) is 5.95. The Morgan fingerprint density at radius 2 is 1.89 bits per heavy atom. The molecule has 5 heteroatoms. The molecule has 0 atom stereocenters. The van der Waals surface area contributed by atoms with Crippen molar-refractivity contribution in [2.75, 3.05) is 5.32 Å². The van der Waals surface area contributed by atoms with E-state index in [0.717, 1.165) is 0 Å². The zero-order valence-corrected chi connectivity index (χ0v) is 10.9. The Morgan fingerprint density at radius 1 is 1.21 bits per heavy atom. The molecular formula is C14H12ClNO3. The molecule has 0 fully saturated rings. The molecule has 3 N–H and O–H groups in total. The van der Waals surface area contributed by atoms with Crippen LogP contribution in [0.1, 0.15) is 15.9 Å². The van der Waals surface area contributed by atoms with Crippen molar-refractivity contribution in [3.8, 4) is 11.5 Å². The van der Waals surface area contributed by atoms with Crippen molar-refractivity contribution in [1.82, 2.24) is 0 Å². The minimum Gasteiger partial charge on any atom is -0.506 e. The normalized spacial score (nSPS) is 10.2. The summed E-state index contributed by atoms with van der Waals surface area (Å²) in [7, 11) is 0. The fourth-order valence-electron chi connectivity index (χ4n) is 1.64. The molecule has 0 bridgehead atoms. The van der Waals surface area contributed by atoms with Crippen LogP contribution in [0.15, 0.2) is 36.4 Å². The molecule has 0 aliphatic carbocycles. The van der Waals surface area contributed by atoms with E-state index in [-0.39, 0.29) is 16.5 Å². The topological polar surface area (TPSA) is 69.6 Å². The molecule has 0 aliphatic rings. The Balaban J connectivity index is 2.28. The smallest absolute Gasteiger partial charge is 0.255 e. The molecule has 0 heterocycles. The van der Waals surface area contributed by atoms with Gasteiger partial charge in [-0.1, -0.05) is 23.7 Å². The number of aryl methyl sites for hydroxylation is 1. The number of hydrogen-bond acceptors (Lipinski definition) is 3. The Hall–Kier alpha value is -2.20. The van der Waals surface area contributed by atoms with Crippen molar-refractivity contribution < 1.29 is 15.0 Å². The number of halogens is 1. The zero-order chi connectivity index (χ0) is 14.0. The van der Waals surface area contributed by atoms with Gasteiger partial charge in [-0.3, -0.25) is 4.79 Å². The zero-order valence-electron chi connectivity index (χ0n) is 10.1. The van der Waals surface area contributed by atoms with Crippen LogP contribution in [0.3, 0.4) is 0 Å². The third-order valence-corrected chi connectivity index (χ3v) is 2.96. The summed E-state index contributed by atoms with van der Waals surface area (Å²) in [4.78, 5) is 12.0. The first-order valence-electron chi connectivity index (χ1n) is 5.57. The van der Waals surface area contributed by atoms with E-state index in [1.54, 1.807) is 25.1 Å². The first-order chi connectivity index (χ1) is 8.99. The predicted octanol–water partition coefficient (Wildman–Crippen LogP) is 3.31. The van der Waals surface area contributed by atoms with E-state index < -0.39 is 5.91 Å². The van der Waals surface area contributed by atoms with E-state index in [9.17, 15) is 15.0 Å². The van der Waals surface area contributed by atoms with Crippen LogP contribution in [-0.2, 0) is 0 Å². The number of aromatic hydroxyl groups is 2. The summed E-state index contributed by atoms with van der Waals surface area (Å²) in [5.41, 5.74) is 1.13. The highest BCUT2D eigenvalue weighted by Gasteiger charge is 2.12. The number of para-hydroxylation sites is 2. The second-order valence-corrected chi connectivity index (χ2v) is 4.50. The van der Waals surface area contributed by atoms with E-state index in [0.29, 0.717) is 16.8 Å². The highest BCUT2D eigenvalue weighted by Crippen LogP contribution is 2.29. The minimum absolute atomic E-state index is 0.0163. The third kappa shape index (κ3) is 2.80. The SMILES string of the molecule is Cc1cc(C(=O)Nc2ccccc2O)cc(Cl)c1O. The Kier molecular flexibility index (Phi) is 3.62. The number of carbonyl (C=O) groups excluding carboxylic acids is 1. The molecule has 0 aromatic heterocycles. The average Bonchev–Trinajstić information content (AvgIpc) is 2.38. The van der Waals surface area contributed by atoms with Crippen LogP contribution < -0.4 is 5.32 Å². The van der Waals surface area contributed by atoms with Crippen molar-refractivity contribution >= 4 is 23.2 Å². The number of phenolic OH excluding ortho intramolecular Hbond substituents is 2. The lowest BCUT2D eigenvalue weighted by atomic mass is 10.1. The number of phenols is 2. The fraction of sp³-hybridized carbons (Fsp3) is 0.0714. The predicted molar refractivity (Wildman–Crippen MR) is 73.9 cm³/mol. The molecule has 0 aliphatic heterocycles. The van der Waals surface area contributed by atoms with Crippen LogP contribution in [0.4, 0.5) is 5.69 Å². The van der Waals surface area contributed by atoms with Gasteiger partial charge in [-0.05, 0) is 36.8 Å². The largest absolute Gasteiger partial charge is 0.506 e. The lowest BCUT2D eigenvalue weighted by Crippen LogP contribution is -2.12. The van der Waals surface area contributed by atoms with Crippen LogP contribution >= 0.6 is 11.6 Å². The lowest BCUT2D eigenvalue weighted by molar-refractivity contribution is 0.102. The maximum Gasteiger partial charge on any atom is 0.255 e. The molecule has 0 unspecified atom stereocenters. The van der Waals surface area contributed by atoms with E-state index in [4.69, 9.17) is 11.6 Å². The van der Waals surface area contributed by atoms with Gasteiger partial charge in [0.25, 0.3) is 5.91 Å². The molecule has 2 aromatic rings. The molecule has 2 rings (SSSR count). The van der Waals surface area contributed by atoms with E-state index in [1.807, 2.05) is 0 Å². The number of anilines is 1. The number of rotatable bonds is 2. The van der Waals surface area contributed by atoms with Gasteiger partial charge in [-0.25, -0.2) is 0 Å². The summed E-state index contributed by atoms with van der Waals surface area (Å²) in [5, 5.41) is 21.8. The van der Waals surface area contributed by atoms with Gasteiger partial charge >= 0.3 is 0 Å². The van der Waals surface area contributed by atoms with Crippen molar-refractivity contribution in [2.45, 2.75) is 6.92 Å². The monoisotopic (exact) mass is 277 g/mol. The van der Waals surface area contributed by atoms with Crippen molar-refractivity contribution in [3.63, 3.8) is 0 Å². The summed E-state index contributed by atoms with van der Waals surface area (Å²) >= 11 is 5.82. The summed E-state index contributed by atoms with van der Waals surface area (Å²) in [6, 6.07) is 9.32. The maximum atomic E-state index is 12.0. The number of hydrogen-bond donors (Lipinski definition) is 3. The molecular weight excluding hydrogens is 266 g/mol. The highest BCUT2D eigenvalue weighted by atomic mass is 35.5. The van der Waals surface area contributed by atoms with Gasteiger partial charge in [0, 0.05) is 5.56 Å². The van der Waals surface area contributed by atoms with Gasteiger partial charge in [0.2, 0.25) is 0 Å². The summed E-state index contributed by atoms with van der Waals surface area (Å²) in [5.74, 6) is -0.468. The summed E-state index contributed by atoms with van der Waals surface area (Å²) < 4.78 is 0. The number of carbonyl (C=O) groups is 1.